The zero-order valence-electron chi connectivity index (χ0n) is 10.4. The molecule has 1 N–H and O–H groups in total. The van der Waals surface area contributed by atoms with Gasteiger partial charge in [-0.3, -0.25) is 0 Å². The number of nitrogens with one attached hydrogen (secondary N) is 1. The van der Waals surface area contributed by atoms with Crippen LogP contribution in [0.25, 0.3) is 0 Å². The van der Waals surface area contributed by atoms with Gasteiger partial charge in [0.15, 0.2) is 0 Å². The lowest BCUT2D eigenvalue weighted by Crippen LogP contribution is -2.66. The summed E-state index contributed by atoms with van der Waals surface area (Å²) >= 11 is 0. The zero-order valence-corrected chi connectivity index (χ0v) is 10.4. The molecule has 1 rings (SSSR count). The molecule has 0 aromatic rings. The van der Waals surface area contributed by atoms with Crippen LogP contribution in [0.3, 0.4) is 0 Å². The smallest absolute Gasteiger partial charge is 0.289 e. The Bertz CT molecular complexity index is 153. The van der Waals surface area contributed by atoms with Gasteiger partial charge in [0.25, 0.3) is 22.1 Å². The molecule has 0 unspecified atom stereocenters. The second-order valence-corrected chi connectivity index (χ2v) is 4.17. The fourth-order valence-corrected chi connectivity index (χ4v) is 2.12. The minimum Gasteiger partial charge on any atom is -0.379 e. The first-order valence-electron chi connectivity index (χ1n) is 6.27. The van der Waals surface area contributed by atoms with Gasteiger partial charge >= 0.3 is 0 Å². The summed E-state index contributed by atoms with van der Waals surface area (Å²) in [5.74, 6) is 0. The summed E-state index contributed by atoms with van der Waals surface area (Å²) in [6.07, 6.45) is 4.90. The third-order valence-electron chi connectivity index (χ3n) is 2.76. The molecule has 0 amide bonds. The molecule has 0 atom stereocenters. The highest BCUT2D eigenvalue weighted by Crippen LogP contribution is 2.10. The molecule has 1 fully saturated rings. The molecule has 0 bridgehead atoms. The highest BCUT2D eigenvalue weighted by molar-refractivity contribution is 6.74. The van der Waals surface area contributed by atoms with E-state index in [-0.39, 0.29) is 0 Å². The average molecular weight is 205 g/mol. The van der Waals surface area contributed by atoms with Crippen molar-refractivity contribution in [2.45, 2.75) is 46.4 Å². The molecule has 0 saturated carbocycles. The lowest BCUT2D eigenvalue weighted by atomic mass is 9.56. The van der Waals surface area contributed by atoms with E-state index in [1.54, 1.807) is 0 Å². The van der Waals surface area contributed by atoms with Gasteiger partial charge < -0.3 is 14.6 Å². The number of nitrogens with zero attached hydrogens (tertiary/aromatic N) is 2. The van der Waals surface area contributed by atoms with Gasteiger partial charge in [0.1, 0.15) is 0 Å². The van der Waals surface area contributed by atoms with Crippen molar-refractivity contribution < 1.29 is 0 Å². The summed E-state index contributed by atoms with van der Waals surface area (Å²) in [7, 11) is 4.24. The zero-order chi connectivity index (χ0) is 11.1. The monoisotopic (exact) mass is 205 g/mol. The van der Waals surface area contributed by atoms with Gasteiger partial charge in [-0.2, -0.15) is 0 Å². The van der Waals surface area contributed by atoms with Crippen molar-refractivity contribution in [2.75, 3.05) is 13.1 Å². The standard InChI is InChI=1S/C9H22B3N3/c1-4-7-12-14(8-5-2)10-13-11-15(12)9-6-3/h13H,4-9H2,1-3H3. The molecule has 2 radical (unpaired) electrons. The van der Waals surface area contributed by atoms with Crippen LogP contribution in [-0.2, 0) is 0 Å². The summed E-state index contributed by atoms with van der Waals surface area (Å²) in [6.45, 7) is 9.59. The third kappa shape index (κ3) is 3.85. The second kappa shape index (κ2) is 7.36. The summed E-state index contributed by atoms with van der Waals surface area (Å²) in [5, 5.41) is 3.24. The minimum atomic E-state index is 0.566. The highest BCUT2D eigenvalue weighted by Gasteiger charge is 2.32. The maximum atomic E-state index is 3.24. The van der Waals surface area contributed by atoms with Crippen LogP contribution in [0.4, 0.5) is 0 Å². The predicted molar refractivity (Wildman–Crippen MR) is 69.5 cm³/mol. The predicted octanol–water partition coefficient (Wildman–Crippen LogP) is 0.980. The van der Waals surface area contributed by atoms with E-state index in [9.17, 15) is 0 Å². The van der Waals surface area contributed by atoms with Crippen LogP contribution in [0, 0.1) is 0 Å². The molecule has 1 aliphatic heterocycles. The molecule has 82 valence electrons. The van der Waals surface area contributed by atoms with Crippen molar-refractivity contribution in [1.82, 2.24) is 14.6 Å². The normalized spacial score (nSPS) is 18.7. The SMILES string of the molecule is CCCB1N(CCC)[B]N[B]N1CCC. The van der Waals surface area contributed by atoms with Gasteiger partial charge in [0.2, 0.25) is 0 Å². The van der Waals surface area contributed by atoms with E-state index < -0.39 is 0 Å². The largest absolute Gasteiger partial charge is 0.379 e. The Labute approximate surface area is 96.7 Å². The Morgan fingerprint density at radius 2 is 1.47 bits per heavy atom. The fraction of sp³-hybridized carbons (Fsp3) is 1.00. The maximum Gasteiger partial charge on any atom is 0.289 e. The Morgan fingerprint density at radius 3 is 1.87 bits per heavy atom. The summed E-state index contributed by atoms with van der Waals surface area (Å²) in [5.41, 5.74) is 0. The Kier molecular flexibility index (Phi) is 6.45. The molecular formula is C9H22B3N3. The first kappa shape index (κ1) is 13.1. The van der Waals surface area contributed by atoms with E-state index in [1.807, 2.05) is 0 Å². The van der Waals surface area contributed by atoms with Crippen LogP contribution in [0.5, 0.6) is 0 Å². The molecule has 0 aromatic heterocycles. The first-order valence-corrected chi connectivity index (χ1v) is 6.27. The molecular weight excluding hydrogens is 183 g/mol. The Morgan fingerprint density at radius 1 is 0.933 bits per heavy atom. The van der Waals surface area contributed by atoms with Crippen molar-refractivity contribution in [3.8, 4) is 0 Å². The lowest BCUT2D eigenvalue weighted by Gasteiger charge is -2.41. The van der Waals surface area contributed by atoms with E-state index in [2.05, 4.69) is 50.5 Å². The topological polar surface area (TPSA) is 18.5 Å². The van der Waals surface area contributed by atoms with Gasteiger partial charge in [0.05, 0.1) is 0 Å². The van der Waals surface area contributed by atoms with Crippen molar-refractivity contribution in [1.29, 1.82) is 0 Å². The summed E-state index contributed by atoms with van der Waals surface area (Å²) in [4.78, 5) is 0. The van der Waals surface area contributed by atoms with E-state index in [0.717, 1.165) is 13.1 Å². The van der Waals surface area contributed by atoms with E-state index in [1.165, 1.54) is 25.6 Å². The molecule has 1 saturated heterocycles. The number of hydrogen-bond acceptors (Lipinski definition) is 3. The fourth-order valence-electron chi connectivity index (χ4n) is 2.12. The van der Waals surface area contributed by atoms with E-state index >= 15 is 0 Å². The van der Waals surface area contributed by atoms with Gasteiger partial charge in [-0.15, -0.1) is 0 Å². The van der Waals surface area contributed by atoms with E-state index in [0.29, 0.717) is 6.98 Å². The van der Waals surface area contributed by atoms with Crippen molar-refractivity contribution in [3.05, 3.63) is 0 Å². The van der Waals surface area contributed by atoms with Crippen molar-refractivity contribution >= 4 is 22.1 Å². The van der Waals surface area contributed by atoms with Crippen LogP contribution < -0.4 is 5.14 Å². The minimum absolute atomic E-state index is 0.566. The molecule has 6 heteroatoms. The quantitative estimate of drug-likeness (QED) is 0.651. The first-order chi connectivity index (χ1) is 7.33. The van der Waals surface area contributed by atoms with E-state index in [4.69, 9.17) is 0 Å². The average Bonchev–Trinajstić information content (AvgIpc) is 2.23. The van der Waals surface area contributed by atoms with Gasteiger partial charge in [0, 0.05) is 0 Å². The number of hydrogen-bond donors (Lipinski definition) is 1. The summed E-state index contributed by atoms with van der Waals surface area (Å²) < 4.78 is 4.86. The maximum absolute atomic E-state index is 3.24. The van der Waals surface area contributed by atoms with Crippen LogP contribution in [0.15, 0.2) is 0 Å². The Hall–Kier alpha value is 0.0748. The lowest BCUT2D eigenvalue weighted by molar-refractivity contribution is 0.516. The molecule has 1 aliphatic rings. The molecule has 0 aromatic carbocycles. The van der Waals surface area contributed by atoms with Gasteiger partial charge in [-0.05, 0) is 32.3 Å². The molecule has 1 heterocycles. The molecule has 3 nitrogen and oxygen atoms in total. The van der Waals surface area contributed by atoms with Gasteiger partial charge in [-0.1, -0.05) is 27.2 Å². The van der Waals surface area contributed by atoms with Crippen molar-refractivity contribution in [2.24, 2.45) is 0 Å². The highest BCUT2D eigenvalue weighted by atomic mass is 15.2. The van der Waals surface area contributed by atoms with Gasteiger partial charge in [-0.25, -0.2) is 0 Å². The Balaban J connectivity index is 2.53. The summed E-state index contributed by atoms with van der Waals surface area (Å²) in [6, 6.07) is 0. The van der Waals surface area contributed by atoms with Crippen LogP contribution in [0.2, 0.25) is 6.32 Å². The molecule has 0 spiro atoms. The molecule has 0 aliphatic carbocycles. The van der Waals surface area contributed by atoms with Crippen LogP contribution in [0.1, 0.15) is 40.0 Å². The molecule has 15 heavy (non-hydrogen) atoms. The number of rotatable bonds is 6. The van der Waals surface area contributed by atoms with Crippen LogP contribution in [-0.4, -0.2) is 44.6 Å². The third-order valence-corrected chi connectivity index (χ3v) is 2.76. The van der Waals surface area contributed by atoms with Crippen molar-refractivity contribution in [3.63, 3.8) is 0 Å². The van der Waals surface area contributed by atoms with Crippen LogP contribution >= 0.6 is 0 Å². The second-order valence-electron chi connectivity index (χ2n) is 4.17.